The molecule has 0 unspecified atom stereocenters. The molecular formula is C20H22N2O3. The Hall–Kier alpha value is -2.79. The second-order valence-corrected chi connectivity index (χ2v) is 5.80. The van der Waals surface area contributed by atoms with E-state index in [4.69, 9.17) is 25.4 Å². The van der Waals surface area contributed by atoms with Gasteiger partial charge in [0.1, 0.15) is 23.4 Å². The van der Waals surface area contributed by atoms with Gasteiger partial charge in [0.05, 0.1) is 18.9 Å². The molecular weight excluding hydrogens is 316 g/mol. The minimum Gasteiger partial charge on any atom is -0.490 e. The summed E-state index contributed by atoms with van der Waals surface area (Å²) in [6.45, 7) is 1.53. The van der Waals surface area contributed by atoms with Gasteiger partial charge in [-0.2, -0.15) is 0 Å². The largest absolute Gasteiger partial charge is 0.490 e. The zero-order valence-electron chi connectivity index (χ0n) is 14.0. The van der Waals surface area contributed by atoms with Gasteiger partial charge in [-0.1, -0.05) is 0 Å². The molecule has 0 aliphatic carbocycles. The predicted molar refractivity (Wildman–Crippen MR) is 97.6 cm³/mol. The van der Waals surface area contributed by atoms with Crippen molar-refractivity contribution in [3.8, 4) is 17.2 Å². The molecule has 0 spiro atoms. The lowest BCUT2D eigenvalue weighted by atomic mass is 10.1. The number of nitrogens with one attached hydrogen (secondary N) is 1. The summed E-state index contributed by atoms with van der Waals surface area (Å²) < 4.78 is 17.1. The van der Waals surface area contributed by atoms with Gasteiger partial charge in [-0.3, -0.25) is 0 Å². The molecule has 3 rings (SSSR count). The van der Waals surface area contributed by atoms with Gasteiger partial charge in [-0.05, 0) is 66.4 Å². The Balaban J connectivity index is 1.58. The van der Waals surface area contributed by atoms with E-state index in [0.717, 1.165) is 43.1 Å². The highest BCUT2D eigenvalue weighted by Gasteiger charge is 2.15. The van der Waals surface area contributed by atoms with Crippen LogP contribution in [-0.4, -0.2) is 25.0 Å². The van der Waals surface area contributed by atoms with Gasteiger partial charge in [-0.15, -0.1) is 0 Å². The standard InChI is InChI=1S/C20H22N2O3/c21-12-9-20(22)15-1-3-16(4-2-15)24-17-5-7-18(8-6-17)25-19-10-13-23-14-11-19/h1-9,12,19,22H,10-11,13-14,21H2. The molecule has 0 amide bonds. The van der Waals surface area contributed by atoms with Crippen molar-refractivity contribution >= 4 is 5.71 Å². The molecule has 2 aromatic rings. The Morgan fingerprint density at radius 2 is 1.52 bits per heavy atom. The van der Waals surface area contributed by atoms with E-state index in [1.165, 1.54) is 6.20 Å². The van der Waals surface area contributed by atoms with Crippen LogP contribution in [0.4, 0.5) is 0 Å². The summed E-state index contributed by atoms with van der Waals surface area (Å²) in [5, 5.41) is 7.82. The maximum absolute atomic E-state index is 7.82. The molecule has 1 fully saturated rings. The Kier molecular flexibility index (Phi) is 5.69. The topological polar surface area (TPSA) is 77.6 Å². The third-order valence-electron chi connectivity index (χ3n) is 3.96. The summed E-state index contributed by atoms with van der Waals surface area (Å²) in [5.74, 6) is 2.30. The van der Waals surface area contributed by atoms with Gasteiger partial charge < -0.3 is 25.4 Å². The van der Waals surface area contributed by atoms with E-state index >= 15 is 0 Å². The summed E-state index contributed by atoms with van der Waals surface area (Å²) in [6.07, 6.45) is 4.99. The minimum absolute atomic E-state index is 0.228. The smallest absolute Gasteiger partial charge is 0.127 e. The summed E-state index contributed by atoms with van der Waals surface area (Å²) in [6, 6.07) is 15.0. The van der Waals surface area contributed by atoms with Crippen molar-refractivity contribution in [1.82, 2.24) is 0 Å². The summed E-state index contributed by atoms with van der Waals surface area (Å²) in [5.41, 5.74) is 6.46. The van der Waals surface area contributed by atoms with Crippen LogP contribution in [0, 0.1) is 5.41 Å². The first-order valence-electron chi connectivity index (χ1n) is 8.34. The van der Waals surface area contributed by atoms with Gasteiger partial charge in [0, 0.05) is 12.8 Å². The maximum Gasteiger partial charge on any atom is 0.127 e. The van der Waals surface area contributed by atoms with E-state index in [-0.39, 0.29) is 6.10 Å². The first-order valence-corrected chi connectivity index (χ1v) is 8.34. The van der Waals surface area contributed by atoms with Gasteiger partial charge in [0.2, 0.25) is 0 Å². The van der Waals surface area contributed by atoms with Crippen molar-refractivity contribution in [3.05, 3.63) is 66.4 Å². The molecule has 0 radical (unpaired) electrons. The lowest BCUT2D eigenvalue weighted by Gasteiger charge is -2.23. The van der Waals surface area contributed by atoms with Gasteiger partial charge >= 0.3 is 0 Å². The monoisotopic (exact) mass is 338 g/mol. The van der Waals surface area contributed by atoms with Crippen LogP contribution in [-0.2, 0) is 4.74 Å². The molecule has 0 saturated carbocycles. The van der Waals surface area contributed by atoms with Gasteiger partial charge in [0.25, 0.3) is 0 Å². The molecule has 5 nitrogen and oxygen atoms in total. The van der Waals surface area contributed by atoms with Crippen LogP contribution in [0.15, 0.2) is 60.8 Å². The van der Waals surface area contributed by atoms with Crippen molar-refractivity contribution in [3.63, 3.8) is 0 Å². The highest BCUT2D eigenvalue weighted by atomic mass is 16.5. The zero-order chi connectivity index (χ0) is 17.5. The highest BCUT2D eigenvalue weighted by Crippen LogP contribution is 2.25. The molecule has 3 N–H and O–H groups in total. The van der Waals surface area contributed by atoms with Crippen LogP contribution in [0.2, 0.25) is 0 Å². The number of rotatable bonds is 6. The van der Waals surface area contributed by atoms with Crippen LogP contribution in [0.25, 0.3) is 0 Å². The third-order valence-corrected chi connectivity index (χ3v) is 3.96. The molecule has 0 atom stereocenters. The van der Waals surface area contributed by atoms with Crippen LogP contribution >= 0.6 is 0 Å². The number of hydrogen-bond donors (Lipinski definition) is 2. The molecule has 5 heteroatoms. The zero-order valence-corrected chi connectivity index (χ0v) is 14.0. The van der Waals surface area contributed by atoms with Crippen LogP contribution in [0.1, 0.15) is 18.4 Å². The molecule has 1 aliphatic rings. The first-order chi connectivity index (χ1) is 12.2. The number of ether oxygens (including phenoxy) is 3. The van der Waals surface area contributed by atoms with Crippen molar-refractivity contribution < 1.29 is 14.2 Å². The van der Waals surface area contributed by atoms with Gasteiger partial charge in [-0.25, -0.2) is 0 Å². The highest BCUT2D eigenvalue weighted by molar-refractivity contribution is 6.06. The average Bonchev–Trinajstić information content (AvgIpc) is 2.65. The normalized spacial score (nSPS) is 15.2. The Bertz CT molecular complexity index is 718. The van der Waals surface area contributed by atoms with E-state index in [1.807, 2.05) is 48.5 Å². The fourth-order valence-electron chi connectivity index (χ4n) is 2.60. The minimum atomic E-state index is 0.228. The molecule has 0 bridgehead atoms. The lowest BCUT2D eigenvalue weighted by Crippen LogP contribution is -2.25. The summed E-state index contributed by atoms with van der Waals surface area (Å²) in [4.78, 5) is 0. The van der Waals surface area contributed by atoms with Gasteiger partial charge in [0.15, 0.2) is 0 Å². The Morgan fingerprint density at radius 1 is 0.960 bits per heavy atom. The number of nitrogens with two attached hydrogens (primary N) is 1. The van der Waals surface area contributed by atoms with Crippen LogP contribution in [0.3, 0.4) is 0 Å². The number of benzene rings is 2. The molecule has 1 saturated heterocycles. The quantitative estimate of drug-likeness (QED) is 0.784. The van der Waals surface area contributed by atoms with Crippen molar-refractivity contribution in [1.29, 1.82) is 5.41 Å². The van der Waals surface area contributed by atoms with E-state index in [9.17, 15) is 0 Å². The average molecular weight is 338 g/mol. The first kappa shape index (κ1) is 17.0. The number of allylic oxidation sites excluding steroid dienone is 1. The van der Waals surface area contributed by atoms with Crippen molar-refractivity contribution in [2.45, 2.75) is 18.9 Å². The van der Waals surface area contributed by atoms with E-state index in [1.54, 1.807) is 6.08 Å². The van der Waals surface area contributed by atoms with Crippen LogP contribution in [0.5, 0.6) is 17.2 Å². The van der Waals surface area contributed by atoms with E-state index in [0.29, 0.717) is 11.5 Å². The second-order valence-electron chi connectivity index (χ2n) is 5.80. The van der Waals surface area contributed by atoms with Crippen molar-refractivity contribution in [2.75, 3.05) is 13.2 Å². The fourth-order valence-corrected chi connectivity index (χ4v) is 2.60. The fraction of sp³-hybridized carbons (Fsp3) is 0.250. The predicted octanol–water partition coefficient (Wildman–Crippen LogP) is 3.88. The third kappa shape index (κ3) is 4.84. The molecule has 1 heterocycles. The Morgan fingerprint density at radius 3 is 2.12 bits per heavy atom. The summed E-state index contributed by atoms with van der Waals surface area (Å²) >= 11 is 0. The van der Waals surface area contributed by atoms with Crippen molar-refractivity contribution in [2.24, 2.45) is 5.73 Å². The second kappa shape index (κ2) is 8.35. The van der Waals surface area contributed by atoms with Crippen LogP contribution < -0.4 is 15.2 Å². The molecule has 25 heavy (non-hydrogen) atoms. The van der Waals surface area contributed by atoms with E-state index < -0.39 is 0 Å². The summed E-state index contributed by atoms with van der Waals surface area (Å²) in [7, 11) is 0. The molecule has 2 aromatic carbocycles. The number of hydrogen-bond acceptors (Lipinski definition) is 5. The molecule has 0 aromatic heterocycles. The Labute approximate surface area is 147 Å². The lowest BCUT2D eigenvalue weighted by molar-refractivity contribution is 0.0255. The van der Waals surface area contributed by atoms with E-state index in [2.05, 4.69) is 0 Å². The molecule has 130 valence electrons. The maximum atomic E-state index is 7.82. The molecule has 1 aliphatic heterocycles. The SMILES string of the molecule is N=C(C=CN)c1ccc(Oc2ccc(OC3CCOCC3)cc2)cc1.